The Kier molecular flexibility index (Phi) is 9.18. The molecule has 2 rings (SSSR count). The van der Waals surface area contributed by atoms with E-state index in [1.807, 2.05) is 36.9 Å². The van der Waals surface area contributed by atoms with Gasteiger partial charge in [-0.1, -0.05) is 29.8 Å². The average Bonchev–Trinajstić information content (AvgIpc) is 2.67. The van der Waals surface area contributed by atoms with E-state index in [9.17, 15) is 4.79 Å². The average molecular weight is 427 g/mol. The molecule has 0 bridgehead atoms. The van der Waals surface area contributed by atoms with Crippen molar-refractivity contribution in [2.45, 2.75) is 26.3 Å². The zero-order chi connectivity index (χ0) is 20.5. The first-order valence-electron chi connectivity index (χ1n) is 9.28. The maximum Gasteiger partial charge on any atom is 0.338 e. The van der Waals surface area contributed by atoms with Crippen molar-refractivity contribution in [3.05, 3.63) is 46.1 Å². The molecule has 0 amide bonds. The van der Waals surface area contributed by atoms with E-state index in [0.29, 0.717) is 42.1 Å². The number of hydrogen-bond donors (Lipinski definition) is 1. The quantitative estimate of drug-likeness (QED) is 0.349. The van der Waals surface area contributed by atoms with E-state index in [-0.39, 0.29) is 6.61 Å². The Hall–Kier alpha value is -1.67. The van der Waals surface area contributed by atoms with Crippen LogP contribution < -0.4 is 5.32 Å². The third-order valence-corrected chi connectivity index (χ3v) is 5.11. The van der Waals surface area contributed by atoms with Crippen LogP contribution >= 0.6 is 23.8 Å². The zero-order valence-electron chi connectivity index (χ0n) is 16.5. The number of methoxy groups -OCH3 is 1. The normalized spacial score (nSPS) is 16.9. The lowest BCUT2D eigenvalue weighted by atomic mass is 9.95. The largest absolute Gasteiger partial charge is 0.460 e. The number of allylic oxidation sites excluding steroid dienone is 1. The summed E-state index contributed by atoms with van der Waals surface area (Å²) < 4.78 is 15.8. The highest BCUT2D eigenvalue weighted by Crippen LogP contribution is 2.34. The Labute approximate surface area is 176 Å². The molecule has 1 atom stereocenters. The van der Waals surface area contributed by atoms with Crippen LogP contribution in [0.4, 0.5) is 0 Å². The van der Waals surface area contributed by atoms with E-state index >= 15 is 0 Å². The number of thiocarbonyl (C=S) groups is 1. The number of ether oxygens (including phenoxy) is 3. The maximum atomic E-state index is 12.9. The third kappa shape index (κ3) is 5.67. The molecule has 0 unspecified atom stereocenters. The van der Waals surface area contributed by atoms with Crippen LogP contribution in [0.1, 0.15) is 31.9 Å². The molecule has 0 spiro atoms. The van der Waals surface area contributed by atoms with Gasteiger partial charge in [0.1, 0.15) is 6.61 Å². The van der Waals surface area contributed by atoms with Gasteiger partial charge in [-0.2, -0.15) is 0 Å². The van der Waals surface area contributed by atoms with Crippen LogP contribution in [-0.2, 0) is 19.0 Å². The molecule has 8 heteroatoms. The van der Waals surface area contributed by atoms with Gasteiger partial charge in [0.15, 0.2) is 5.11 Å². The summed E-state index contributed by atoms with van der Waals surface area (Å²) in [6.07, 6.45) is 0.787. The van der Waals surface area contributed by atoms with E-state index < -0.39 is 12.0 Å². The van der Waals surface area contributed by atoms with Crippen LogP contribution in [0.5, 0.6) is 0 Å². The van der Waals surface area contributed by atoms with Crippen LogP contribution in [0.2, 0.25) is 5.02 Å². The minimum absolute atomic E-state index is 0.177. The van der Waals surface area contributed by atoms with Gasteiger partial charge < -0.3 is 24.4 Å². The van der Waals surface area contributed by atoms with Crippen molar-refractivity contribution < 1.29 is 19.0 Å². The molecule has 0 fully saturated rings. The minimum atomic E-state index is -0.473. The summed E-state index contributed by atoms with van der Waals surface area (Å²) >= 11 is 12.0. The molecular weight excluding hydrogens is 400 g/mol. The molecule has 154 valence electrons. The van der Waals surface area contributed by atoms with Gasteiger partial charge >= 0.3 is 5.97 Å². The predicted octanol–water partition coefficient (Wildman–Crippen LogP) is 3.46. The van der Waals surface area contributed by atoms with Crippen molar-refractivity contribution >= 4 is 34.9 Å². The van der Waals surface area contributed by atoms with Gasteiger partial charge in [0, 0.05) is 37.6 Å². The van der Waals surface area contributed by atoms with Crippen molar-refractivity contribution in [1.82, 2.24) is 10.2 Å². The first-order valence-corrected chi connectivity index (χ1v) is 10.1. The molecule has 0 saturated heterocycles. The maximum absolute atomic E-state index is 12.9. The molecule has 1 aromatic carbocycles. The number of halogens is 1. The number of carbonyl (C=O) groups excluding carboxylic acids is 1. The molecule has 0 radical (unpaired) electrons. The zero-order valence-corrected chi connectivity index (χ0v) is 18.1. The summed E-state index contributed by atoms with van der Waals surface area (Å²) in [4.78, 5) is 14.8. The number of nitrogens with zero attached hydrogens (tertiary/aromatic N) is 1. The fourth-order valence-corrected chi connectivity index (χ4v) is 3.61. The van der Waals surface area contributed by atoms with Crippen LogP contribution in [0.3, 0.4) is 0 Å². The van der Waals surface area contributed by atoms with Crippen molar-refractivity contribution in [3.8, 4) is 0 Å². The van der Waals surface area contributed by atoms with Gasteiger partial charge in [0.25, 0.3) is 0 Å². The molecule has 1 heterocycles. The molecule has 0 aliphatic carbocycles. The molecule has 1 aliphatic heterocycles. The fraction of sp³-hybridized carbons (Fsp3) is 0.500. The highest BCUT2D eigenvalue weighted by Gasteiger charge is 2.35. The van der Waals surface area contributed by atoms with Crippen LogP contribution in [0, 0.1) is 0 Å². The lowest BCUT2D eigenvalue weighted by Crippen LogP contribution is -2.48. The smallest absolute Gasteiger partial charge is 0.338 e. The highest BCUT2D eigenvalue weighted by molar-refractivity contribution is 7.80. The van der Waals surface area contributed by atoms with Crippen molar-refractivity contribution in [1.29, 1.82) is 0 Å². The van der Waals surface area contributed by atoms with Gasteiger partial charge in [-0.05, 0) is 44.1 Å². The molecule has 1 N–H and O–H groups in total. The number of benzene rings is 1. The Morgan fingerprint density at radius 2 is 2.04 bits per heavy atom. The predicted molar refractivity (Wildman–Crippen MR) is 113 cm³/mol. The van der Waals surface area contributed by atoms with Crippen molar-refractivity contribution in [3.63, 3.8) is 0 Å². The van der Waals surface area contributed by atoms with Crippen LogP contribution in [0.15, 0.2) is 35.5 Å². The number of esters is 1. The van der Waals surface area contributed by atoms with E-state index in [4.69, 9.17) is 38.0 Å². The number of hydrogen-bond acceptors (Lipinski definition) is 5. The molecule has 0 aromatic heterocycles. The summed E-state index contributed by atoms with van der Waals surface area (Å²) in [6, 6.07) is 6.92. The summed E-state index contributed by atoms with van der Waals surface area (Å²) in [6.45, 7) is 6.29. The van der Waals surface area contributed by atoms with E-state index in [2.05, 4.69) is 5.32 Å². The van der Waals surface area contributed by atoms with Crippen LogP contribution in [0.25, 0.3) is 0 Å². The molecule has 0 saturated carbocycles. The second-order valence-corrected chi connectivity index (χ2v) is 7.03. The number of carbonyl (C=O) groups is 1. The second-order valence-electron chi connectivity index (χ2n) is 6.23. The van der Waals surface area contributed by atoms with Gasteiger partial charge in [0.2, 0.25) is 0 Å². The third-order valence-electron chi connectivity index (χ3n) is 4.43. The summed E-state index contributed by atoms with van der Waals surface area (Å²) in [5.74, 6) is -0.413. The summed E-state index contributed by atoms with van der Waals surface area (Å²) in [5, 5.41) is 4.36. The Bertz CT molecular complexity index is 726. The SMILES string of the molecule is CCOCCCN1C(=S)N[C@@H](c2ccccc2Cl)C(C(=O)OCCOC)=C1C. The molecule has 28 heavy (non-hydrogen) atoms. The highest BCUT2D eigenvalue weighted by atomic mass is 35.5. The summed E-state index contributed by atoms with van der Waals surface area (Å²) in [5.41, 5.74) is 2.03. The van der Waals surface area contributed by atoms with Gasteiger partial charge in [-0.15, -0.1) is 0 Å². The number of rotatable bonds is 10. The Morgan fingerprint density at radius 1 is 1.29 bits per heavy atom. The second kappa shape index (κ2) is 11.4. The van der Waals surface area contributed by atoms with Gasteiger partial charge in [0.05, 0.1) is 18.2 Å². The molecule has 1 aliphatic rings. The first kappa shape index (κ1) is 22.6. The molecular formula is C20H27ClN2O4S. The van der Waals surface area contributed by atoms with Gasteiger partial charge in [-0.25, -0.2) is 4.79 Å². The summed E-state index contributed by atoms with van der Waals surface area (Å²) in [7, 11) is 1.56. The number of nitrogens with one attached hydrogen (secondary N) is 1. The van der Waals surface area contributed by atoms with Crippen molar-refractivity contribution in [2.24, 2.45) is 0 Å². The van der Waals surface area contributed by atoms with E-state index in [1.165, 1.54) is 0 Å². The topological polar surface area (TPSA) is 60.0 Å². The van der Waals surface area contributed by atoms with Crippen LogP contribution in [-0.4, -0.2) is 56.1 Å². The Morgan fingerprint density at radius 3 is 2.71 bits per heavy atom. The van der Waals surface area contributed by atoms with Gasteiger partial charge in [-0.3, -0.25) is 0 Å². The minimum Gasteiger partial charge on any atom is -0.460 e. The monoisotopic (exact) mass is 426 g/mol. The lowest BCUT2D eigenvalue weighted by molar-refractivity contribution is -0.140. The van der Waals surface area contributed by atoms with Crippen molar-refractivity contribution in [2.75, 3.05) is 40.1 Å². The first-order chi connectivity index (χ1) is 13.5. The van der Waals surface area contributed by atoms with E-state index in [1.54, 1.807) is 13.2 Å². The van der Waals surface area contributed by atoms with E-state index in [0.717, 1.165) is 17.7 Å². The molecule has 6 nitrogen and oxygen atoms in total. The lowest BCUT2D eigenvalue weighted by Gasteiger charge is -2.37. The standard InChI is InChI=1S/C20H27ClN2O4S/c1-4-26-11-7-10-23-14(2)17(19(24)27-13-12-25-3)18(22-20(23)28)15-8-5-6-9-16(15)21/h5-6,8-9,18H,4,7,10-13H2,1-3H3,(H,22,28)/t18-/m0/s1. The fourth-order valence-electron chi connectivity index (χ4n) is 3.02. The molecule has 1 aromatic rings. The Balaban J connectivity index is 2.34.